The molecule has 3 aliphatic heterocycles. The van der Waals surface area contributed by atoms with Crippen molar-refractivity contribution in [1.82, 2.24) is 25.8 Å². The largest absolute Gasteiger partial charge is 0.483 e. The van der Waals surface area contributed by atoms with E-state index in [4.69, 9.17) is 27.0 Å². The Bertz CT molecular complexity index is 2390. The number of hydrogen-bond donors (Lipinski definition) is 3. The summed E-state index contributed by atoms with van der Waals surface area (Å²) < 4.78 is 67.2. The number of anilines is 2. The number of amides is 7. The Morgan fingerprint density at radius 2 is 1.72 bits per heavy atom. The molecular weight excluding hydrogens is 821 g/mol. The van der Waals surface area contributed by atoms with Gasteiger partial charge in [-0.2, -0.15) is 18.4 Å². The fourth-order valence-corrected chi connectivity index (χ4v) is 7.20. The van der Waals surface area contributed by atoms with Crippen molar-refractivity contribution in [1.29, 1.82) is 5.26 Å². The fourth-order valence-electron chi connectivity index (χ4n) is 6.68. The number of thiocarbonyl (C=S) groups is 1. The number of nitrogens with one attached hydrogen (secondary N) is 3. The molecule has 7 amide bonds. The fraction of sp³-hybridized carbons (Fsp3) is 0.316. The lowest BCUT2D eigenvalue weighted by molar-refractivity contribution is -0.140. The summed E-state index contributed by atoms with van der Waals surface area (Å²) in [5.74, 6) is -6.67. The van der Waals surface area contributed by atoms with Crippen LogP contribution in [0.25, 0.3) is 0 Å². The molecule has 312 valence electrons. The van der Waals surface area contributed by atoms with Crippen LogP contribution in [-0.4, -0.2) is 94.2 Å². The van der Waals surface area contributed by atoms with E-state index in [0.29, 0.717) is 10.6 Å². The van der Waals surface area contributed by atoms with Gasteiger partial charge < -0.3 is 25.0 Å². The van der Waals surface area contributed by atoms with E-state index in [1.807, 2.05) is 0 Å². The summed E-state index contributed by atoms with van der Waals surface area (Å²) in [7, 11) is 0. The Hall–Kier alpha value is -6.86. The molecule has 2 aromatic carbocycles. The summed E-state index contributed by atoms with van der Waals surface area (Å²) in [6, 6.07) is 8.98. The van der Waals surface area contributed by atoms with E-state index in [-0.39, 0.29) is 60.2 Å². The van der Waals surface area contributed by atoms with Crippen molar-refractivity contribution in [3.8, 4) is 11.8 Å². The molecule has 3 aliphatic rings. The van der Waals surface area contributed by atoms with Gasteiger partial charge in [0.2, 0.25) is 17.7 Å². The second-order valence-corrected chi connectivity index (χ2v) is 14.2. The zero-order chi connectivity index (χ0) is 43.7. The third kappa shape index (κ3) is 8.21. The lowest BCUT2D eigenvalue weighted by atomic mass is 10.0. The lowest BCUT2D eigenvalue weighted by Crippen LogP contribution is -2.54. The molecule has 0 spiro atoms. The molecule has 3 N–H and O–H groups in total. The van der Waals surface area contributed by atoms with E-state index >= 15 is 4.39 Å². The molecule has 3 aromatic rings. The number of carbonyl (C=O) groups is 7. The predicted molar refractivity (Wildman–Crippen MR) is 201 cm³/mol. The van der Waals surface area contributed by atoms with Gasteiger partial charge in [-0.1, -0.05) is 6.07 Å². The van der Waals surface area contributed by atoms with E-state index in [1.165, 1.54) is 61.3 Å². The van der Waals surface area contributed by atoms with Crippen molar-refractivity contribution in [2.24, 2.45) is 0 Å². The number of rotatable bonds is 13. The van der Waals surface area contributed by atoms with Gasteiger partial charge >= 0.3 is 6.18 Å². The number of carbonyl (C=O) groups excluding carboxylic acids is 7. The molecule has 0 radical (unpaired) electrons. The standard InChI is InChI=1S/C38H32F4N8O9S/c1-37(2)35(57)49(23-9-6-19(14-43)30(31(23)39)38(40,41)42)36(60)50(37)21-8-7-20(46-15-21)16-58-17-27(52)44-12-13-45-28(53)18-59-25-5-3-4-22-29(25)34(56)48(33(22)55)24-10-11-26(51)47-32(24)54/h3-9,15,24H,10-13,16-18H2,1-2H3,(H,44,52)(H,45,53)(H,47,51,54). The highest BCUT2D eigenvalue weighted by molar-refractivity contribution is 7.81. The van der Waals surface area contributed by atoms with Crippen LogP contribution in [0.5, 0.6) is 5.75 Å². The van der Waals surface area contributed by atoms with E-state index in [2.05, 4.69) is 20.9 Å². The summed E-state index contributed by atoms with van der Waals surface area (Å²) >= 11 is 5.43. The second-order valence-electron chi connectivity index (χ2n) is 13.9. The van der Waals surface area contributed by atoms with E-state index in [0.717, 1.165) is 17.0 Å². The second kappa shape index (κ2) is 16.8. The third-order valence-corrected chi connectivity index (χ3v) is 9.91. The SMILES string of the molecule is CC1(C)C(=O)N(c2ccc(C#N)c(C(F)(F)F)c2F)C(=S)N1c1ccc(COCC(=O)NCCNC(=O)COc2cccc3c2C(=O)N(C2CCC(=O)NC2=O)C3=O)nc1. The van der Waals surface area contributed by atoms with Gasteiger partial charge in [-0.15, -0.1) is 0 Å². The molecule has 60 heavy (non-hydrogen) atoms. The smallest absolute Gasteiger partial charge is 0.420 e. The average Bonchev–Trinajstić information content (AvgIpc) is 3.54. The minimum atomic E-state index is -5.22. The van der Waals surface area contributed by atoms with Gasteiger partial charge in [0.1, 0.15) is 29.5 Å². The van der Waals surface area contributed by atoms with Crippen molar-refractivity contribution in [3.05, 3.63) is 82.4 Å². The maximum Gasteiger partial charge on any atom is 0.420 e. The first-order chi connectivity index (χ1) is 28.4. The molecule has 17 nitrogen and oxygen atoms in total. The molecule has 0 saturated carbocycles. The number of imide groups is 2. The highest BCUT2D eigenvalue weighted by atomic mass is 32.1. The zero-order valence-electron chi connectivity index (χ0n) is 31.5. The van der Waals surface area contributed by atoms with Gasteiger partial charge in [0.25, 0.3) is 23.6 Å². The predicted octanol–water partition coefficient (Wildman–Crippen LogP) is 2.26. The summed E-state index contributed by atoms with van der Waals surface area (Å²) in [6.45, 7) is 1.78. The summed E-state index contributed by atoms with van der Waals surface area (Å²) in [5.41, 5.74) is -4.59. The molecule has 0 aliphatic carbocycles. The molecule has 1 unspecified atom stereocenters. The van der Waals surface area contributed by atoms with Gasteiger partial charge in [0, 0.05) is 19.5 Å². The molecule has 22 heteroatoms. The van der Waals surface area contributed by atoms with Gasteiger partial charge in [-0.05, 0) is 68.9 Å². The molecule has 2 fully saturated rings. The van der Waals surface area contributed by atoms with Crippen LogP contribution in [0.2, 0.25) is 0 Å². The first-order valence-electron chi connectivity index (χ1n) is 17.9. The van der Waals surface area contributed by atoms with Crippen molar-refractivity contribution < 1.29 is 60.6 Å². The maximum atomic E-state index is 15.3. The maximum absolute atomic E-state index is 15.3. The number of pyridine rings is 1. The van der Waals surface area contributed by atoms with Crippen LogP contribution in [0, 0.1) is 17.1 Å². The molecular formula is C38H32F4N8O9S. The first-order valence-corrected chi connectivity index (χ1v) is 18.3. The Morgan fingerprint density at radius 3 is 2.35 bits per heavy atom. The third-order valence-electron chi connectivity index (χ3n) is 9.54. The number of nitrogens with zero attached hydrogens (tertiary/aromatic N) is 5. The van der Waals surface area contributed by atoms with Gasteiger partial charge in [-0.3, -0.25) is 53.7 Å². The number of piperidine rings is 1. The number of alkyl halides is 3. The van der Waals surface area contributed by atoms with Crippen LogP contribution in [0.1, 0.15) is 64.2 Å². The van der Waals surface area contributed by atoms with Gasteiger partial charge in [-0.25, -0.2) is 4.39 Å². The minimum absolute atomic E-state index is 0.000667. The molecule has 6 rings (SSSR count). The number of benzene rings is 2. The zero-order valence-corrected chi connectivity index (χ0v) is 32.3. The van der Waals surface area contributed by atoms with E-state index in [9.17, 15) is 46.7 Å². The lowest BCUT2D eigenvalue weighted by Gasteiger charge is -2.29. The van der Waals surface area contributed by atoms with E-state index < -0.39 is 95.0 Å². The van der Waals surface area contributed by atoms with Crippen molar-refractivity contribution in [2.75, 3.05) is 36.1 Å². The monoisotopic (exact) mass is 852 g/mol. The Kier molecular flexibility index (Phi) is 12.0. The quantitative estimate of drug-likeness (QED) is 0.0974. The van der Waals surface area contributed by atoms with Crippen molar-refractivity contribution in [3.63, 3.8) is 0 Å². The summed E-state index contributed by atoms with van der Waals surface area (Å²) in [5, 5.41) is 16.0. The summed E-state index contributed by atoms with van der Waals surface area (Å²) in [4.78, 5) is 95.2. The average molecular weight is 853 g/mol. The number of halogens is 4. The Labute approximate surface area is 342 Å². The van der Waals surface area contributed by atoms with Crippen molar-refractivity contribution >= 4 is 70.1 Å². The molecule has 0 bridgehead atoms. The molecule has 2 saturated heterocycles. The van der Waals surface area contributed by atoms with Crippen molar-refractivity contribution in [2.45, 2.75) is 51.1 Å². The van der Waals surface area contributed by atoms with Gasteiger partial charge in [0.05, 0.1) is 52.6 Å². The molecule has 1 aromatic heterocycles. The highest BCUT2D eigenvalue weighted by Gasteiger charge is 2.52. The first kappa shape index (κ1) is 42.7. The number of ether oxygens (including phenoxy) is 2. The van der Waals surface area contributed by atoms with Crippen LogP contribution in [-0.2, 0) is 41.5 Å². The number of hydrogen-bond acceptors (Lipinski definition) is 12. The highest BCUT2D eigenvalue weighted by Crippen LogP contribution is 2.42. The topological polar surface area (TPSA) is 220 Å². The van der Waals surface area contributed by atoms with E-state index in [1.54, 1.807) is 0 Å². The number of aromatic nitrogens is 1. The minimum Gasteiger partial charge on any atom is -0.483 e. The normalized spacial score (nSPS) is 17.4. The van der Waals surface area contributed by atoms with Gasteiger partial charge in [0.15, 0.2) is 17.5 Å². The number of fused-ring (bicyclic) bond motifs is 1. The van der Waals surface area contributed by atoms with Crippen LogP contribution in [0.4, 0.5) is 28.9 Å². The Balaban J connectivity index is 0.946. The van der Waals surface area contributed by atoms with Crippen LogP contribution >= 0.6 is 12.2 Å². The van der Waals surface area contributed by atoms with Crippen LogP contribution in [0.3, 0.4) is 0 Å². The molecule has 1 atom stereocenters. The van der Waals surface area contributed by atoms with Crippen LogP contribution < -0.4 is 30.5 Å². The molecule has 4 heterocycles. The summed E-state index contributed by atoms with van der Waals surface area (Å²) in [6.07, 6.45) is -3.99. The number of nitriles is 1. The Morgan fingerprint density at radius 1 is 1.02 bits per heavy atom. The van der Waals surface area contributed by atoms with Crippen LogP contribution in [0.15, 0.2) is 48.7 Å².